The average Bonchev–Trinajstić information content (AvgIpc) is 2.50. The van der Waals surface area contributed by atoms with Crippen molar-refractivity contribution in [2.75, 3.05) is 38.1 Å². The first-order chi connectivity index (χ1) is 10.3. The molecule has 21 heavy (non-hydrogen) atoms. The van der Waals surface area contributed by atoms with Crippen LogP contribution in [-0.2, 0) is 9.53 Å². The highest BCUT2D eigenvalue weighted by molar-refractivity contribution is 5.90. The molecule has 1 fully saturated rings. The highest BCUT2D eigenvalue weighted by atomic mass is 16.5. The van der Waals surface area contributed by atoms with Crippen molar-refractivity contribution < 1.29 is 9.53 Å². The van der Waals surface area contributed by atoms with Crippen molar-refractivity contribution >= 4 is 11.9 Å². The van der Waals surface area contributed by atoms with E-state index in [4.69, 9.17) is 10.5 Å². The Morgan fingerprint density at radius 3 is 2.76 bits per heavy atom. The maximum Gasteiger partial charge on any atom is 0.240 e. The molecule has 1 aromatic heterocycles. The van der Waals surface area contributed by atoms with Crippen molar-refractivity contribution in [3.05, 3.63) is 18.5 Å². The zero-order valence-corrected chi connectivity index (χ0v) is 12.2. The minimum absolute atomic E-state index is 0.0799. The number of rotatable bonds is 7. The van der Waals surface area contributed by atoms with E-state index in [9.17, 15) is 4.79 Å². The van der Waals surface area contributed by atoms with Crippen LogP contribution in [0.25, 0.3) is 0 Å². The van der Waals surface area contributed by atoms with E-state index in [1.807, 2.05) is 0 Å². The lowest BCUT2D eigenvalue weighted by molar-refractivity contribution is -0.118. The Morgan fingerprint density at radius 2 is 2.10 bits per heavy atom. The Labute approximate surface area is 124 Å². The summed E-state index contributed by atoms with van der Waals surface area (Å²) in [7, 11) is 0. The molecule has 7 heteroatoms. The number of likely N-dealkylation sites (tertiary alicyclic amines) is 1. The van der Waals surface area contributed by atoms with Gasteiger partial charge in [-0.3, -0.25) is 15.0 Å². The third kappa shape index (κ3) is 5.74. The minimum Gasteiger partial charge on any atom is -0.378 e. The molecule has 2 heterocycles. The third-order valence-electron chi connectivity index (χ3n) is 3.42. The van der Waals surface area contributed by atoms with E-state index in [-0.39, 0.29) is 5.91 Å². The minimum atomic E-state index is -0.0799. The Bertz CT molecular complexity index is 421. The van der Waals surface area contributed by atoms with Crippen LogP contribution in [0.3, 0.4) is 0 Å². The second kappa shape index (κ2) is 8.66. The lowest BCUT2D eigenvalue weighted by Crippen LogP contribution is -2.41. The summed E-state index contributed by atoms with van der Waals surface area (Å²) in [5.41, 5.74) is 5.44. The van der Waals surface area contributed by atoms with Gasteiger partial charge in [0.2, 0.25) is 11.9 Å². The summed E-state index contributed by atoms with van der Waals surface area (Å²) >= 11 is 0. The number of carbonyl (C=O) groups excluding carboxylic acids is 1. The van der Waals surface area contributed by atoms with Gasteiger partial charge >= 0.3 is 0 Å². The van der Waals surface area contributed by atoms with Gasteiger partial charge in [-0.1, -0.05) is 0 Å². The summed E-state index contributed by atoms with van der Waals surface area (Å²) in [5, 5.41) is 2.69. The summed E-state index contributed by atoms with van der Waals surface area (Å²) in [4.78, 5) is 22.0. The van der Waals surface area contributed by atoms with Gasteiger partial charge in [0.15, 0.2) is 0 Å². The van der Waals surface area contributed by atoms with E-state index in [2.05, 4.69) is 20.2 Å². The zero-order valence-electron chi connectivity index (χ0n) is 12.2. The number of carbonyl (C=O) groups is 1. The molecule has 1 aromatic rings. The molecule has 3 N–H and O–H groups in total. The zero-order chi connectivity index (χ0) is 14.9. The Morgan fingerprint density at radius 1 is 1.38 bits per heavy atom. The van der Waals surface area contributed by atoms with E-state index >= 15 is 0 Å². The largest absolute Gasteiger partial charge is 0.378 e. The number of anilines is 1. The first kappa shape index (κ1) is 15.8. The van der Waals surface area contributed by atoms with Crippen LogP contribution in [0.5, 0.6) is 0 Å². The molecule has 1 saturated heterocycles. The molecule has 0 unspecified atom stereocenters. The molecule has 1 aliphatic heterocycles. The van der Waals surface area contributed by atoms with Gasteiger partial charge in [0.05, 0.1) is 12.6 Å². The van der Waals surface area contributed by atoms with Crippen LogP contribution in [0, 0.1) is 0 Å². The number of piperidine rings is 1. The number of hydrogen-bond acceptors (Lipinski definition) is 6. The van der Waals surface area contributed by atoms with Crippen LogP contribution in [0.2, 0.25) is 0 Å². The van der Waals surface area contributed by atoms with Gasteiger partial charge in [0.25, 0.3) is 0 Å². The second-order valence-electron chi connectivity index (χ2n) is 5.11. The van der Waals surface area contributed by atoms with Gasteiger partial charge in [0.1, 0.15) is 0 Å². The number of ether oxygens (including phenoxy) is 1. The lowest BCUT2D eigenvalue weighted by Gasteiger charge is -2.31. The van der Waals surface area contributed by atoms with Gasteiger partial charge < -0.3 is 10.5 Å². The number of nitrogens with one attached hydrogen (secondary N) is 1. The molecule has 0 aliphatic carbocycles. The Balaban J connectivity index is 1.65. The fraction of sp³-hybridized carbons (Fsp3) is 0.643. The molecule has 0 aromatic carbocycles. The molecule has 0 bridgehead atoms. The first-order valence-electron chi connectivity index (χ1n) is 7.39. The highest BCUT2D eigenvalue weighted by Crippen LogP contribution is 2.13. The van der Waals surface area contributed by atoms with Gasteiger partial charge in [-0.2, -0.15) is 0 Å². The number of nitrogens with two attached hydrogens (primary N) is 1. The van der Waals surface area contributed by atoms with Crippen LogP contribution >= 0.6 is 0 Å². The van der Waals surface area contributed by atoms with Crippen molar-refractivity contribution in [1.82, 2.24) is 14.9 Å². The van der Waals surface area contributed by atoms with Crippen LogP contribution in [0.4, 0.5) is 5.95 Å². The predicted octanol–water partition coefficient (Wildman–Crippen LogP) is 0.245. The molecular weight excluding hydrogens is 270 g/mol. The molecule has 0 atom stereocenters. The maximum atomic E-state index is 11.9. The third-order valence-corrected chi connectivity index (χ3v) is 3.42. The van der Waals surface area contributed by atoms with Crippen LogP contribution in [0.1, 0.15) is 19.3 Å². The predicted molar refractivity (Wildman–Crippen MR) is 79.7 cm³/mol. The Hall–Kier alpha value is -1.57. The van der Waals surface area contributed by atoms with Crippen molar-refractivity contribution in [2.24, 2.45) is 5.73 Å². The SMILES string of the molecule is NCCCOC1CCN(CC(=O)Nc2ncccn2)CC1. The molecule has 116 valence electrons. The topological polar surface area (TPSA) is 93.4 Å². The first-order valence-corrected chi connectivity index (χ1v) is 7.39. The molecule has 7 nitrogen and oxygen atoms in total. The number of aromatic nitrogens is 2. The van der Waals surface area contributed by atoms with Crippen molar-refractivity contribution in [3.63, 3.8) is 0 Å². The molecular formula is C14H23N5O2. The molecule has 2 rings (SSSR count). The van der Waals surface area contributed by atoms with E-state index in [0.717, 1.165) is 39.0 Å². The average molecular weight is 293 g/mol. The van der Waals surface area contributed by atoms with E-state index in [1.165, 1.54) is 0 Å². The molecule has 0 radical (unpaired) electrons. The maximum absolute atomic E-state index is 11.9. The van der Waals surface area contributed by atoms with Gasteiger partial charge in [-0.25, -0.2) is 9.97 Å². The normalized spacial score (nSPS) is 16.8. The summed E-state index contributed by atoms with van der Waals surface area (Å²) in [5.74, 6) is 0.270. The molecule has 0 saturated carbocycles. The van der Waals surface area contributed by atoms with Crippen LogP contribution in [-0.4, -0.2) is 59.7 Å². The Kier molecular flexibility index (Phi) is 6.52. The monoisotopic (exact) mass is 293 g/mol. The van der Waals surface area contributed by atoms with Gasteiger partial charge in [-0.15, -0.1) is 0 Å². The molecule has 1 amide bonds. The molecule has 0 spiro atoms. The van der Waals surface area contributed by atoms with Gasteiger partial charge in [0, 0.05) is 32.1 Å². The fourth-order valence-corrected chi connectivity index (χ4v) is 2.30. The van der Waals surface area contributed by atoms with Gasteiger partial charge in [-0.05, 0) is 31.9 Å². The van der Waals surface area contributed by atoms with Crippen molar-refractivity contribution in [2.45, 2.75) is 25.4 Å². The van der Waals surface area contributed by atoms with E-state index in [0.29, 0.717) is 25.1 Å². The van der Waals surface area contributed by atoms with Crippen LogP contribution in [0.15, 0.2) is 18.5 Å². The van der Waals surface area contributed by atoms with Crippen LogP contribution < -0.4 is 11.1 Å². The van der Waals surface area contributed by atoms with E-state index < -0.39 is 0 Å². The summed E-state index contributed by atoms with van der Waals surface area (Å²) < 4.78 is 5.75. The lowest BCUT2D eigenvalue weighted by atomic mass is 10.1. The quantitative estimate of drug-likeness (QED) is 0.700. The summed E-state index contributed by atoms with van der Waals surface area (Å²) in [6, 6.07) is 1.71. The number of nitrogens with zero attached hydrogens (tertiary/aromatic N) is 3. The second-order valence-corrected chi connectivity index (χ2v) is 5.11. The van der Waals surface area contributed by atoms with Crippen molar-refractivity contribution in [3.8, 4) is 0 Å². The standard InChI is InChI=1S/C14H23N5O2/c15-5-1-10-21-12-3-8-19(9-4-12)11-13(20)18-14-16-6-2-7-17-14/h2,6-7,12H,1,3-5,8-11,15H2,(H,16,17,18,20). The smallest absolute Gasteiger partial charge is 0.240 e. The number of hydrogen-bond donors (Lipinski definition) is 2. The summed E-state index contributed by atoms with van der Waals surface area (Å²) in [6.07, 6.45) is 6.33. The summed E-state index contributed by atoms with van der Waals surface area (Å²) in [6.45, 7) is 3.51. The number of amides is 1. The highest BCUT2D eigenvalue weighted by Gasteiger charge is 2.21. The fourth-order valence-electron chi connectivity index (χ4n) is 2.30. The molecule has 1 aliphatic rings. The van der Waals surface area contributed by atoms with E-state index in [1.54, 1.807) is 18.5 Å². The van der Waals surface area contributed by atoms with Crippen molar-refractivity contribution in [1.29, 1.82) is 0 Å².